The van der Waals surface area contributed by atoms with Crippen LogP contribution in [-0.4, -0.2) is 6.09 Å². The van der Waals surface area contributed by atoms with E-state index in [-0.39, 0.29) is 12.6 Å². The van der Waals surface area contributed by atoms with E-state index in [1.807, 2.05) is 91.0 Å². The Morgan fingerprint density at radius 1 is 0.897 bits per heavy atom. The molecule has 0 radical (unpaired) electrons. The van der Waals surface area contributed by atoms with E-state index in [1.165, 1.54) is 0 Å². The molecule has 0 aromatic heterocycles. The second-order valence-electron chi connectivity index (χ2n) is 6.61. The third-order valence-electron chi connectivity index (χ3n) is 4.43. The molecular formula is C25H25NO3. The van der Waals surface area contributed by atoms with Crippen LogP contribution in [0.15, 0.2) is 97.6 Å². The molecule has 0 unspecified atom stereocenters. The number of allylic oxidation sites excluding steroid dienone is 1. The van der Waals surface area contributed by atoms with Gasteiger partial charge < -0.3 is 14.8 Å². The van der Waals surface area contributed by atoms with Crippen molar-refractivity contribution in [3.8, 4) is 11.5 Å². The minimum absolute atomic E-state index is 0.165. The molecule has 0 fully saturated rings. The summed E-state index contributed by atoms with van der Waals surface area (Å²) in [4.78, 5) is 12.3. The van der Waals surface area contributed by atoms with E-state index >= 15 is 0 Å². The quantitative estimate of drug-likeness (QED) is 0.431. The van der Waals surface area contributed by atoms with E-state index in [4.69, 9.17) is 9.47 Å². The summed E-state index contributed by atoms with van der Waals surface area (Å²) >= 11 is 0. The molecule has 0 saturated carbocycles. The summed E-state index contributed by atoms with van der Waals surface area (Å²) in [5.41, 5.74) is 1.94. The summed E-state index contributed by atoms with van der Waals surface area (Å²) in [5.74, 6) is 1.53. The fraction of sp³-hybridized carbons (Fsp3) is 0.160. The van der Waals surface area contributed by atoms with E-state index < -0.39 is 6.09 Å². The summed E-state index contributed by atoms with van der Waals surface area (Å²) in [7, 11) is 0. The van der Waals surface area contributed by atoms with Crippen LogP contribution in [0.2, 0.25) is 0 Å². The highest BCUT2D eigenvalue weighted by atomic mass is 16.5. The van der Waals surface area contributed by atoms with E-state index in [0.717, 1.165) is 35.5 Å². The topological polar surface area (TPSA) is 47.6 Å². The van der Waals surface area contributed by atoms with Gasteiger partial charge in [-0.3, -0.25) is 0 Å². The van der Waals surface area contributed by atoms with Crippen LogP contribution in [0.4, 0.5) is 4.79 Å². The fourth-order valence-corrected chi connectivity index (χ4v) is 2.91. The van der Waals surface area contributed by atoms with Gasteiger partial charge in [0.2, 0.25) is 0 Å². The van der Waals surface area contributed by atoms with Crippen molar-refractivity contribution in [2.75, 3.05) is 0 Å². The molecule has 0 spiro atoms. The molecule has 1 atom stereocenters. The third-order valence-corrected chi connectivity index (χ3v) is 4.43. The molecule has 0 aliphatic rings. The number of nitrogens with one attached hydrogen (secondary N) is 1. The van der Waals surface area contributed by atoms with Crippen molar-refractivity contribution in [3.63, 3.8) is 0 Å². The molecule has 3 aromatic rings. The molecule has 148 valence electrons. The van der Waals surface area contributed by atoms with Crippen molar-refractivity contribution in [3.05, 3.63) is 109 Å². The maximum atomic E-state index is 12.3. The van der Waals surface area contributed by atoms with Gasteiger partial charge in [0.1, 0.15) is 18.1 Å². The lowest BCUT2D eigenvalue weighted by molar-refractivity contribution is 0.135. The standard InChI is InChI=1S/C25H25NO3/c1-2-3-14-24(26-25(27)28-19-20-10-6-4-7-11-20)21-15-17-23(18-16-21)29-22-12-8-5-9-13-22/h2,4-13,15-18,24H,1,3,14,19H2,(H,26,27)/t24-/m0/s1. The van der Waals surface area contributed by atoms with Crippen molar-refractivity contribution in [1.82, 2.24) is 5.32 Å². The maximum absolute atomic E-state index is 12.3. The van der Waals surface area contributed by atoms with Gasteiger partial charge in [0.15, 0.2) is 0 Å². The van der Waals surface area contributed by atoms with E-state index in [2.05, 4.69) is 11.9 Å². The fourth-order valence-electron chi connectivity index (χ4n) is 2.91. The first kappa shape index (κ1) is 20.2. The number of para-hydroxylation sites is 1. The molecule has 0 saturated heterocycles. The number of carbonyl (C=O) groups is 1. The first-order chi connectivity index (χ1) is 14.2. The summed E-state index contributed by atoms with van der Waals surface area (Å²) in [6, 6.07) is 26.8. The third kappa shape index (κ3) is 6.54. The Morgan fingerprint density at radius 2 is 1.52 bits per heavy atom. The second-order valence-corrected chi connectivity index (χ2v) is 6.61. The number of carbonyl (C=O) groups excluding carboxylic acids is 1. The SMILES string of the molecule is C=CCC[C@H](NC(=O)OCc1ccccc1)c1ccc(Oc2ccccc2)cc1. The summed E-state index contributed by atoms with van der Waals surface area (Å²) < 4.78 is 11.2. The zero-order valence-electron chi connectivity index (χ0n) is 16.3. The van der Waals surface area contributed by atoms with Gasteiger partial charge in [-0.2, -0.15) is 0 Å². The molecule has 0 bridgehead atoms. The molecule has 0 aliphatic carbocycles. The van der Waals surface area contributed by atoms with Gasteiger partial charge in [-0.15, -0.1) is 6.58 Å². The lowest BCUT2D eigenvalue weighted by atomic mass is 10.0. The molecule has 29 heavy (non-hydrogen) atoms. The molecule has 3 aromatic carbocycles. The Labute approximate surface area is 171 Å². The van der Waals surface area contributed by atoms with Gasteiger partial charge in [0.25, 0.3) is 0 Å². The smallest absolute Gasteiger partial charge is 0.407 e. The highest BCUT2D eigenvalue weighted by molar-refractivity contribution is 5.68. The molecule has 1 N–H and O–H groups in total. The maximum Gasteiger partial charge on any atom is 0.407 e. The molecular weight excluding hydrogens is 362 g/mol. The van der Waals surface area contributed by atoms with Crippen LogP contribution >= 0.6 is 0 Å². The summed E-state index contributed by atoms with van der Waals surface area (Å²) in [6.07, 6.45) is 2.93. The zero-order chi connectivity index (χ0) is 20.3. The second kappa shape index (κ2) is 10.7. The number of benzene rings is 3. The van der Waals surface area contributed by atoms with E-state index in [0.29, 0.717) is 0 Å². The predicted molar refractivity (Wildman–Crippen MR) is 115 cm³/mol. The Bertz CT molecular complexity index is 892. The Morgan fingerprint density at radius 3 is 2.17 bits per heavy atom. The lowest BCUT2D eigenvalue weighted by Gasteiger charge is -2.19. The minimum atomic E-state index is -0.437. The monoisotopic (exact) mass is 387 g/mol. The summed E-state index contributed by atoms with van der Waals surface area (Å²) in [5, 5.41) is 2.96. The lowest BCUT2D eigenvalue weighted by Crippen LogP contribution is -2.29. The molecule has 1 amide bonds. The van der Waals surface area contributed by atoms with Crippen molar-refractivity contribution in [2.24, 2.45) is 0 Å². The number of hydrogen-bond acceptors (Lipinski definition) is 3. The van der Waals surface area contributed by atoms with Crippen LogP contribution in [0.3, 0.4) is 0 Å². The van der Waals surface area contributed by atoms with Gasteiger partial charge in [0, 0.05) is 0 Å². The van der Waals surface area contributed by atoms with Crippen LogP contribution in [-0.2, 0) is 11.3 Å². The minimum Gasteiger partial charge on any atom is -0.457 e. The van der Waals surface area contributed by atoms with Gasteiger partial charge in [0.05, 0.1) is 6.04 Å². The average molecular weight is 387 g/mol. The Hall–Kier alpha value is -3.53. The van der Waals surface area contributed by atoms with E-state index in [9.17, 15) is 4.79 Å². The molecule has 0 heterocycles. The zero-order valence-corrected chi connectivity index (χ0v) is 16.3. The number of hydrogen-bond donors (Lipinski definition) is 1. The Kier molecular flexibility index (Phi) is 7.47. The van der Waals surface area contributed by atoms with Crippen LogP contribution < -0.4 is 10.1 Å². The summed E-state index contributed by atoms with van der Waals surface area (Å²) in [6.45, 7) is 4.02. The molecule has 4 nitrogen and oxygen atoms in total. The number of amides is 1. The van der Waals surface area contributed by atoms with Crippen molar-refractivity contribution in [1.29, 1.82) is 0 Å². The molecule has 3 rings (SSSR count). The number of alkyl carbamates (subject to hydrolysis) is 1. The predicted octanol–water partition coefficient (Wildman–Crippen LogP) is 6.41. The van der Waals surface area contributed by atoms with Gasteiger partial charge in [-0.1, -0.05) is 66.7 Å². The van der Waals surface area contributed by atoms with Gasteiger partial charge in [-0.05, 0) is 48.2 Å². The van der Waals surface area contributed by atoms with Crippen LogP contribution in [0.1, 0.15) is 30.0 Å². The van der Waals surface area contributed by atoms with Crippen LogP contribution in [0, 0.1) is 0 Å². The highest BCUT2D eigenvalue weighted by Crippen LogP contribution is 2.25. The van der Waals surface area contributed by atoms with Gasteiger partial charge in [-0.25, -0.2) is 4.79 Å². The first-order valence-electron chi connectivity index (χ1n) is 9.65. The first-order valence-corrected chi connectivity index (χ1v) is 9.65. The van der Waals surface area contributed by atoms with E-state index in [1.54, 1.807) is 0 Å². The van der Waals surface area contributed by atoms with Crippen LogP contribution in [0.5, 0.6) is 11.5 Å². The number of ether oxygens (including phenoxy) is 2. The van der Waals surface area contributed by atoms with Crippen molar-refractivity contribution < 1.29 is 14.3 Å². The van der Waals surface area contributed by atoms with Gasteiger partial charge >= 0.3 is 6.09 Å². The average Bonchev–Trinajstić information content (AvgIpc) is 2.77. The highest BCUT2D eigenvalue weighted by Gasteiger charge is 2.15. The number of rotatable bonds is 9. The normalized spacial score (nSPS) is 11.3. The van der Waals surface area contributed by atoms with Crippen molar-refractivity contribution >= 4 is 6.09 Å². The molecule has 0 aliphatic heterocycles. The Balaban J connectivity index is 1.61. The largest absolute Gasteiger partial charge is 0.457 e. The van der Waals surface area contributed by atoms with Crippen molar-refractivity contribution in [2.45, 2.75) is 25.5 Å². The van der Waals surface area contributed by atoms with Crippen LogP contribution in [0.25, 0.3) is 0 Å². The molecule has 4 heteroatoms.